The zero-order valence-electron chi connectivity index (χ0n) is 16.5. The first-order chi connectivity index (χ1) is 14.5. The van der Waals surface area contributed by atoms with Gasteiger partial charge in [0.15, 0.2) is 0 Å². The van der Waals surface area contributed by atoms with Crippen LogP contribution in [0.15, 0.2) is 47.4 Å². The number of nitriles is 1. The van der Waals surface area contributed by atoms with Crippen LogP contribution in [0, 0.1) is 11.3 Å². The Balaban J connectivity index is 1.42. The van der Waals surface area contributed by atoms with Gasteiger partial charge in [-0.05, 0) is 53.8 Å². The number of nitrogens with one attached hydrogen (secondary N) is 3. The maximum Gasteiger partial charge on any atom is 0.241 e. The molecule has 2 heterocycles. The molecule has 1 amide bonds. The molecule has 0 spiro atoms. The van der Waals surface area contributed by atoms with Gasteiger partial charge in [0, 0.05) is 13.0 Å². The Hall–Kier alpha value is -2.73. The molecule has 0 aliphatic carbocycles. The first-order valence-electron chi connectivity index (χ1n) is 10.1. The van der Waals surface area contributed by atoms with Crippen LogP contribution in [0.5, 0.6) is 0 Å². The maximum absolute atomic E-state index is 12.4. The van der Waals surface area contributed by atoms with Gasteiger partial charge in [-0.3, -0.25) is 4.79 Å². The lowest BCUT2D eigenvalue weighted by atomic mass is 9.99. The highest BCUT2D eigenvalue weighted by molar-refractivity contribution is 7.89. The van der Waals surface area contributed by atoms with Crippen LogP contribution in [0.4, 0.5) is 0 Å². The third-order valence-corrected chi connectivity index (χ3v) is 7.13. The first-order valence-corrected chi connectivity index (χ1v) is 11.6. The topological polar surface area (TPSA) is 111 Å². The predicted octanol–water partition coefficient (Wildman–Crippen LogP) is 1.84. The van der Waals surface area contributed by atoms with E-state index in [1.54, 1.807) is 12.1 Å². The summed E-state index contributed by atoms with van der Waals surface area (Å²) in [6.45, 7) is 1.14. The summed E-state index contributed by atoms with van der Waals surface area (Å²) in [7, 11) is -3.37. The summed E-state index contributed by atoms with van der Waals surface area (Å²) in [6.07, 6.45) is 3.33. The van der Waals surface area contributed by atoms with Crippen LogP contribution >= 0.6 is 0 Å². The number of piperidine rings is 1. The molecule has 2 aromatic carbocycles. The molecular weight excluding hydrogens is 400 g/mol. The minimum absolute atomic E-state index is 0.112. The molecular formula is C22H24N4O3S. The summed E-state index contributed by atoms with van der Waals surface area (Å²) < 4.78 is 26.3. The summed E-state index contributed by atoms with van der Waals surface area (Å²) in [5.41, 5.74) is 3.62. The lowest BCUT2D eigenvalue weighted by Crippen LogP contribution is -2.49. The number of carbonyl (C=O) groups excluding carboxylic acids is 1. The number of fused-ring (bicyclic) bond motifs is 1. The monoisotopic (exact) mass is 424 g/mol. The van der Waals surface area contributed by atoms with Crippen molar-refractivity contribution in [2.24, 2.45) is 0 Å². The van der Waals surface area contributed by atoms with Gasteiger partial charge in [-0.15, -0.1) is 0 Å². The molecule has 156 valence electrons. The van der Waals surface area contributed by atoms with Crippen molar-refractivity contribution in [3.8, 4) is 17.2 Å². The third kappa shape index (κ3) is 4.38. The molecule has 0 radical (unpaired) electrons. The highest BCUT2D eigenvalue weighted by atomic mass is 32.2. The second-order valence-electron chi connectivity index (χ2n) is 7.74. The lowest BCUT2D eigenvalue weighted by molar-refractivity contribution is -0.124. The molecule has 30 heavy (non-hydrogen) atoms. The SMILES string of the molecule is N#C[C@H](Cc1ccc(-c2ccc3c(c2)CNS3(=O)=O)cc1)NC(=O)[C@@H]1CCCCN1. The smallest absolute Gasteiger partial charge is 0.241 e. The molecule has 1 fully saturated rings. The van der Waals surface area contributed by atoms with Crippen molar-refractivity contribution in [1.29, 1.82) is 5.26 Å². The molecule has 4 rings (SSSR count). The van der Waals surface area contributed by atoms with Crippen LogP contribution in [0.2, 0.25) is 0 Å². The summed E-state index contributed by atoms with van der Waals surface area (Å²) in [5.74, 6) is -0.112. The average Bonchev–Trinajstić information content (AvgIpc) is 3.08. The Kier molecular flexibility index (Phi) is 5.86. The largest absolute Gasteiger partial charge is 0.339 e. The van der Waals surface area contributed by atoms with Gasteiger partial charge >= 0.3 is 0 Å². The van der Waals surface area contributed by atoms with Gasteiger partial charge in [0.25, 0.3) is 0 Å². The van der Waals surface area contributed by atoms with Crippen molar-refractivity contribution in [1.82, 2.24) is 15.4 Å². The molecule has 2 atom stereocenters. The highest BCUT2D eigenvalue weighted by Gasteiger charge is 2.25. The van der Waals surface area contributed by atoms with Crippen molar-refractivity contribution in [2.75, 3.05) is 6.54 Å². The zero-order valence-corrected chi connectivity index (χ0v) is 17.3. The standard InChI is InChI=1S/C22H24N4O3S/c23-13-19(26-22(27)20-3-1-2-10-24-20)11-15-4-6-16(7-5-15)17-8-9-21-18(12-17)14-25-30(21,28)29/h4-9,12,19-20,24-25H,1-3,10-11,14H2,(H,26,27)/t19-,20-/m0/s1. The molecule has 3 N–H and O–H groups in total. The third-order valence-electron chi connectivity index (χ3n) is 5.63. The summed E-state index contributed by atoms with van der Waals surface area (Å²) in [6, 6.07) is 14.5. The van der Waals surface area contributed by atoms with E-state index in [4.69, 9.17) is 0 Å². The van der Waals surface area contributed by atoms with Crippen molar-refractivity contribution in [2.45, 2.75) is 49.2 Å². The number of nitrogens with zero attached hydrogens (tertiary/aromatic N) is 1. The minimum Gasteiger partial charge on any atom is -0.339 e. The van der Waals surface area contributed by atoms with E-state index in [0.29, 0.717) is 17.9 Å². The molecule has 8 heteroatoms. The minimum atomic E-state index is -3.37. The Morgan fingerprint density at radius 1 is 1.17 bits per heavy atom. The van der Waals surface area contributed by atoms with Gasteiger partial charge in [-0.2, -0.15) is 5.26 Å². The molecule has 1 saturated heterocycles. The van der Waals surface area contributed by atoms with E-state index in [0.717, 1.165) is 48.1 Å². The van der Waals surface area contributed by atoms with Crippen LogP contribution in [-0.2, 0) is 27.8 Å². The molecule has 0 saturated carbocycles. The molecule has 0 aromatic heterocycles. The van der Waals surface area contributed by atoms with E-state index in [1.165, 1.54) is 0 Å². The molecule has 2 aromatic rings. The molecule has 0 bridgehead atoms. The number of rotatable bonds is 5. The van der Waals surface area contributed by atoms with E-state index in [1.807, 2.05) is 30.3 Å². The Labute approximate surface area is 176 Å². The lowest BCUT2D eigenvalue weighted by Gasteiger charge is -2.23. The van der Waals surface area contributed by atoms with Crippen molar-refractivity contribution >= 4 is 15.9 Å². The summed E-state index contributed by atoms with van der Waals surface area (Å²) >= 11 is 0. The van der Waals surface area contributed by atoms with Gasteiger partial charge in [0.2, 0.25) is 15.9 Å². The zero-order chi connectivity index (χ0) is 21.1. The number of hydrogen-bond donors (Lipinski definition) is 3. The van der Waals surface area contributed by atoms with E-state index in [-0.39, 0.29) is 11.9 Å². The Morgan fingerprint density at radius 3 is 2.63 bits per heavy atom. The number of benzene rings is 2. The van der Waals surface area contributed by atoms with Crippen molar-refractivity contribution in [3.63, 3.8) is 0 Å². The Bertz CT molecular complexity index is 1080. The first kappa shape index (κ1) is 20.5. The molecule has 0 unspecified atom stereocenters. The van der Waals surface area contributed by atoms with E-state index < -0.39 is 16.1 Å². The Morgan fingerprint density at radius 2 is 1.93 bits per heavy atom. The van der Waals surface area contributed by atoms with Gasteiger partial charge in [-0.25, -0.2) is 13.1 Å². The quantitative estimate of drug-likeness (QED) is 0.678. The van der Waals surface area contributed by atoms with E-state index in [9.17, 15) is 18.5 Å². The van der Waals surface area contributed by atoms with Gasteiger partial charge in [0.1, 0.15) is 6.04 Å². The fraction of sp³-hybridized carbons (Fsp3) is 0.364. The fourth-order valence-electron chi connectivity index (χ4n) is 3.96. The fourth-order valence-corrected chi connectivity index (χ4v) is 5.18. The van der Waals surface area contributed by atoms with E-state index >= 15 is 0 Å². The normalized spacial score (nSPS) is 20.7. The second kappa shape index (κ2) is 8.56. The van der Waals surface area contributed by atoms with Gasteiger partial charge < -0.3 is 10.6 Å². The highest BCUT2D eigenvalue weighted by Crippen LogP contribution is 2.28. The molecule has 2 aliphatic heterocycles. The van der Waals surface area contributed by atoms with Gasteiger partial charge in [0.05, 0.1) is 17.0 Å². The van der Waals surface area contributed by atoms with Crippen LogP contribution in [0.25, 0.3) is 11.1 Å². The number of carbonyl (C=O) groups is 1. The van der Waals surface area contributed by atoms with Gasteiger partial charge in [-0.1, -0.05) is 36.8 Å². The maximum atomic E-state index is 12.4. The van der Waals surface area contributed by atoms with Crippen LogP contribution in [-0.4, -0.2) is 33.0 Å². The van der Waals surface area contributed by atoms with Crippen LogP contribution in [0.3, 0.4) is 0 Å². The summed E-state index contributed by atoms with van der Waals surface area (Å²) in [5, 5.41) is 15.5. The second-order valence-corrected chi connectivity index (χ2v) is 9.48. The number of hydrogen-bond acceptors (Lipinski definition) is 5. The average molecular weight is 425 g/mol. The number of amides is 1. The van der Waals surface area contributed by atoms with Crippen LogP contribution in [0.1, 0.15) is 30.4 Å². The molecule has 7 nitrogen and oxygen atoms in total. The summed E-state index contributed by atoms with van der Waals surface area (Å²) in [4.78, 5) is 12.7. The molecule has 2 aliphatic rings. The van der Waals surface area contributed by atoms with Crippen molar-refractivity contribution < 1.29 is 13.2 Å². The van der Waals surface area contributed by atoms with E-state index in [2.05, 4.69) is 21.4 Å². The predicted molar refractivity (Wildman–Crippen MR) is 113 cm³/mol. The van der Waals surface area contributed by atoms with Crippen LogP contribution < -0.4 is 15.4 Å². The van der Waals surface area contributed by atoms with Crippen molar-refractivity contribution in [3.05, 3.63) is 53.6 Å². The number of sulfonamides is 1.